The summed E-state index contributed by atoms with van der Waals surface area (Å²) >= 11 is 13.9. The number of hydrogen-bond acceptors (Lipinski definition) is 5. The predicted octanol–water partition coefficient (Wildman–Crippen LogP) is 6.31. The molecule has 1 N–H and O–H groups in total. The first-order valence-corrected chi connectivity index (χ1v) is 11.3. The Kier molecular flexibility index (Phi) is 6.03. The molecule has 1 aliphatic rings. The van der Waals surface area contributed by atoms with Gasteiger partial charge in [0.2, 0.25) is 0 Å². The number of aliphatic hydroxyl groups is 1. The minimum atomic E-state index is -0.782. The molecule has 1 aliphatic heterocycles. The lowest BCUT2D eigenvalue weighted by molar-refractivity contribution is -0.132. The molecule has 2 heterocycles. The molecular weight excluding hydrogens is 469 g/mol. The van der Waals surface area contributed by atoms with Crippen molar-refractivity contribution in [1.29, 1.82) is 0 Å². The molecule has 1 amide bonds. The number of nitrogens with zero attached hydrogens (tertiary/aromatic N) is 1. The van der Waals surface area contributed by atoms with Crippen molar-refractivity contribution in [2.24, 2.45) is 0 Å². The molecule has 1 unspecified atom stereocenters. The van der Waals surface area contributed by atoms with Crippen LogP contribution in [0.5, 0.6) is 5.75 Å². The van der Waals surface area contributed by atoms with Gasteiger partial charge in [-0.15, -0.1) is 11.3 Å². The summed E-state index contributed by atoms with van der Waals surface area (Å²) in [6, 6.07) is 11.4. The Balaban J connectivity index is 1.96. The number of ketones is 1. The summed E-state index contributed by atoms with van der Waals surface area (Å²) in [7, 11) is 1.43. The van der Waals surface area contributed by atoms with E-state index in [-0.39, 0.29) is 32.7 Å². The van der Waals surface area contributed by atoms with Gasteiger partial charge in [-0.3, -0.25) is 14.5 Å². The van der Waals surface area contributed by atoms with Gasteiger partial charge in [0.05, 0.1) is 22.7 Å². The Morgan fingerprint density at radius 3 is 2.38 bits per heavy atom. The summed E-state index contributed by atoms with van der Waals surface area (Å²) in [4.78, 5) is 28.6. The molecule has 1 fully saturated rings. The maximum atomic E-state index is 13.2. The van der Waals surface area contributed by atoms with Gasteiger partial charge in [-0.1, -0.05) is 41.4 Å². The number of hydrogen-bond donors (Lipinski definition) is 1. The van der Waals surface area contributed by atoms with Crippen molar-refractivity contribution in [2.75, 3.05) is 12.0 Å². The molecule has 0 saturated carbocycles. The van der Waals surface area contributed by atoms with Crippen LogP contribution >= 0.6 is 34.5 Å². The minimum Gasteiger partial charge on any atom is -0.507 e. The molecule has 0 bridgehead atoms. The molecule has 1 aromatic heterocycles. The van der Waals surface area contributed by atoms with Gasteiger partial charge in [-0.05, 0) is 54.6 Å². The van der Waals surface area contributed by atoms with Gasteiger partial charge in [0.15, 0.2) is 5.75 Å². The van der Waals surface area contributed by atoms with Crippen LogP contribution in [0.4, 0.5) is 5.69 Å². The van der Waals surface area contributed by atoms with Crippen molar-refractivity contribution in [2.45, 2.75) is 19.9 Å². The minimum absolute atomic E-state index is 0.0179. The third-order valence-electron chi connectivity index (χ3n) is 5.57. The smallest absolute Gasteiger partial charge is 0.300 e. The van der Waals surface area contributed by atoms with Crippen LogP contribution in [0.1, 0.15) is 27.6 Å². The number of benzene rings is 2. The van der Waals surface area contributed by atoms with E-state index in [2.05, 4.69) is 0 Å². The number of thiophene rings is 1. The summed E-state index contributed by atoms with van der Waals surface area (Å²) < 4.78 is 5.16. The molecule has 3 aromatic rings. The normalized spacial score (nSPS) is 17.8. The monoisotopic (exact) mass is 487 g/mol. The van der Waals surface area contributed by atoms with Crippen molar-refractivity contribution < 1.29 is 19.4 Å². The number of amides is 1. The van der Waals surface area contributed by atoms with Gasteiger partial charge < -0.3 is 9.84 Å². The number of ether oxygens (including phenoxy) is 1. The second kappa shape index (κ2) is 8.62. The molecule has 4 rings (SSSR count). The van der Waals surface area contributed by atoms with E-state index >= 15 is 0 Å². The fourth-order valence-electron chi connectivity index (χ4n) is 3.84. The standard InChI is InChI=1S/C24H19Cl2NO4S/c1-12-6-4-7-17(13(12)2)27-20(18-8-5-9-32-18)19(22(29)24(27)30)21(28)14-10-15(25)23(31-3)16(26)11-14/h4-11,20,28H,1-3H3/b21-19-. The molecule has 5 nitrogen and oxygen atoms in total. The van der Waals surface area contributed by atoms with Gasteiger partial charge in [-0.25, -0.2) is 0 Å². The van der Waals surface area contributed by atoms with Crippen LogP contribution in [-0.2, 0) is 9.59 Å². The number of carbonyl (C=O) groups excluding carboxylic acids is 2. The Bertz CT molecular complexity index is 1240. The lowest BCUT2D eigenvalue weighted by Crippen LogP contribution is -2.29. The average Bonchev–Trinajstić information content (AvgIpc) is 3.37. The first-order chi connectivity index (χ1) is 15.3. The fourth-order valence-corrected chi connectivity index (χ4v) is 5.31. The van der Waals surface area contributed by atoms with Crippen molar-refractivity contribution >= 4 is 57.7 Å². The Labute approximate surface area is 199 Å². The Morgan fingerprint density at radius 1 is 1.09 bits per heavy atom. The molecule has 8 heteroatoms. The van der Waals surface area contributed by atoms with Crippen LogP contribution < -0.4 is 9.64 Å². The van der Waals surface area contributed by atoms with Gasteiger partial charge in [0.1, 0.15) is 11.8 Å². The second-order valence-electron chi connectivity index (χ2n) is 7.38. The number of aryl methyl sites for hydroxylation is 1. The highest BCUT2D eigenvalue weighted by atomic mass is 35.5. The van der Waals surface area contributed by atoms with Crippen molar-refractivity contribution in [3.63, 3.8) is 0 Å². The van der Waals surface area contributed by atoms with E-state index in [0.717, 1.165) is 16.0 Å². The highest BCUT2D eigenvalue weighted by Crippen LogP contribution is 2.45. The molecule has 0 spiro atoms. The number of aliphatic hydroxyl groups excluding tert-OH is 1. The second-order valence-corrected chi connectivity index (χ2v) is 9.17. The Hall–Kier alpha value is -2.80. The molecule has 1 saturated heterocycles. The van der Waals surface area contributed by atoms with Crippen molar-refractivity contribution in [3.05, 3.63) is 85.0 Å². The van der Waals surface area contributed by atoms with Crippen LogP contribution in [0.15, 0.2) is 53.4 Å². The quantitative estimate of drug-likeness (QED) is 0.266. The van der Waals surface area contributed by atoms with Gasteiger partial charge in [-0.2, -0.15) is 0 Å². The predicted molar refractivity (Wildman–Crippen MR) is 128 cm³/mol. The zero-order valence-corrected chi connectivity index (χ0v) is 19.8. The van der Waals surface area contributed by atoms with Crippen LogP contribution in [0, 0.1) is 13.8 Å². The molecular formula is C24H19Cl2NO4S. The zero-order chi connectivity index (χ0) is 23.2. The van der Waals surface area contributed by atoms with Crippen LogP contribution in [0.2, 0.25) is 10.0 Å². The first kappa shape index (κ1) is 22.4. The maximum Gasteiger partial charge on any atom is 0.300 e. The van der Waals surface area contributed by atoms with Crippen LogP contribution in [0.3, 0.4) is 0 Å². The van der Waals surface area contributed by atoms with E-state index < -0.39 is 17.7 Å². The van der Waals surface area contributed by atoms with Crippen LogP contribution in [0.25, 0.3) is 5.76 Å². The van der Waals surface area contributed by atoms with E-state index in [1.165, 1.54) is 35.5 Å². The van der Waals surface area contributed by atoms with E-state index in [1.54, 1.807) is 6.07 Å². The average molecular weight is 488 g/mol. The zero-order valence-electron chi connectivity index (χ0n) is 17.5. The molecule has 2 aromatic carbocycles. The van der Waals surface area contributed by atoms with Crippen molar-refractivity contribution in [1.82, 2.24) is 0 Å². The maximum absolute atomic E-state index is 13.2. The molecule has 32 heavy (non-hydrogen) atoms. The van der Waals surface area contributed by atoms with E-state index in [1.807, 2.05) is 43.5 Å². The number of methoxy groups -OCH3 is 1. The third-order valence-corrected chi connectivity index (χ3v) is 7.05. The summed E-state index contributed by atoms with van der Waals surface area (Å²) in [5.41, 5.74) is 2.70. The first-order valence-electron chi connectivity index (χ1n) is 9.70. The van der Waals surface area contributed by atoms with E-state index in [4.69, 9.17) is 27.9 Å². The molecule has 1 atom stereocenters. The lowest BCUT2D eigenvalue weighted by atomic mass is 9.99. The molecule has 164 valence electrons. The summed E-state index contributed by atoms with van der Waals surface area (Å²) in [5, 5.41) is 13.4. The number of rotatable bonds is 4. The van der Waals surface area contributed by atoms with Crippen LogP contribution in [-0.4, -0.2) is 23.9 Å². The van der Waals surface area contributed by atoms with Gasteiger partial charge >= 0.3 is 0 Å². The van der Waals surface area contributed by atoms with Crippen molar-refractivity contribution in [3.8, 4) is 5.75 Å². The highest BCUT2D eigenvalue weighted by molar-refractivity contribution is 7.10. The summed E-state index contributed by atoms with van der Waals surface area (Å²) in [5.74, 6) is -1.56. The number of carbonyl (C=O) groups is 2. The summed E-state index contributed by atoms with van der Waals surface area (Å²) in [6.07, 6.45) is 0. The van der Waals surface area contributed by atoms with Gasteiger partial charge in [0.25, 0.3) is 11.7 Å². The SMILES string of the molecule is COc1c(Cl)cc(/C(O)=C2/C(=O)C(=O)N(c3cccc(C)c3C)C2c2cccs2)cc1Cl. The topological polar surface area (TPSA) is 66.8 Å². The highest BCUT2D eigenvalue weighted by Gasteiger charge is 2.47. The fraction of sp³-hybridized carbons (Fsp3) is 0.167. The van der Waals surface area contributed by atoms with E-state index in [0.29, 0.717) is 5.69 Å². The third kappa shape index (κ3) is 3.58. The lowest BCUT2D eigenvalue weighted by Gasteiger charge is -2.26. The van der Waals surface area contributed by atoms with E-state index in [9.17, 15) is 14.7 Å². The molecule has 0 radical (unpaired) electrons. The Morgan fingerprint density at radius 2 is 1.78 bits per heavy atom. The number of Topliss-reactive ketones (excluding diaryl/α,β-unsaturated/α-hetero) is 1. The summed E-state index contributed by atoms with van der Waals surface area (Å²) in [6.45, 7) is 3.84. The largest absolute Gasteiger partial charge is 0.507 e. The molecule has 0 aliphatic carbocycles. The van der Waals surface area contributed by atoms with Gasteiger partial charge in [0, 0.05) is 16.1 Å². The number of anilines is 1. The number of halogens is 2.